The summed E-state index contributed by atoms with van der Waals surface area (Å²) >= 11 is 0. The third-order valence-electron chi connectivity index (χ3n) is 4.70. The molecule has 1 aromatic rings. The SMILES string of the molecule is COc1ccc(C23CC(C(N)C(=O)O)(C2)C3)cc1. The Morgan fingerprint density at radius 2 is 1.89 bits per heavy atom. The lowest BCUT2D eigenvalue weighted by Crippen LogP contribution is -2.72. The molecule has 2 bridgehead atoms. The van der Waals surface area contributed by atoms with Crippen LogP contribution in [0.1, 0.15) is 24.8 Å². The van der Waals surface area contributed by atoms with E-state index in [0.29, 0.717) is 0 Å². The largest absolute Gasteiger partial charge is 0.497 e. The maximum Gasteiger partial charge on any atom is 0.321 e. The highest BCUT2D eigenvalue weighted by Gasteiger charge is 2.71. The monoisotopic (exact) mass is 247 g/mol. The second kappa shape index (κ2) is 3.48. The molecule has 18 heavy (non-hydrogen) atoms. The molecule has 3 fully saturated rings. The van der Waals surface area contributed by atoms with E-state index in [1.54, 1.807) is 7.11 Å². The van der Waals surface area contributed by atoms with Gasteiger partial charge in [-0.05, 0) is 47.8 Å². The van der Waals surface area contributed by atoms with Crippen LogP contribution in [-0.4, -0.2) is 24.2 Å². The Bertz CT molecular complexity index is 474. The van der Waals surface area contributed by atoms with Gasteiger partial charge < -0.3 is 15.6 Å². The van der Waals surface area contributed by atoms with Crippen LogP contribution >= 0.6 is 0 Å². The molecule has 96 valence electrons. The van der Waals surface area contributed by atoms with Crippen molar-refractivity contribution in [3.63, 3.8) is 0 Å². The zero-order chi connectivity index (χ0) is 13.0. The fourth-order valence-corrected chi connectivity index (χ4v) is 3.71. The highest BCUT2D eigenvalue weighted by Crippen LogP contribution is 2.74. The molecule has 4 rings (SSSR count). The molecule has 1 unspecified atom stereocenters. The van der Waals surface area contributed by atoms with Crippen molar-refractivity contribution in [2.75, 3.05) is 7.11 Å². The summed E-state index contributed by atoms with van der Waals surface area (Å²) in [7, 11) is 1.65. The second-order valence-electron chi connectivity index (χ2n) is 5.72. The maximum atomic E-state index is 10.9. The Hall–Kier alpha value is -1.55. The van der Waals surface area contributed by atoms with E-state index in [0.717, 1.165) is 25.0 Å². The number of aliphatic carboxylic acids is 1. The highest BCUT2D eigenvalue weighted by molar-refractivity contribution is 5.76. The van der Waals surface area contributed by atoms with Crippen molar-refractivity contribution in [3.05, 3.63) is 29.8 Å². The standard InChI is InChI=1S/C14H17NO3/c1-18-10-4-2-9(3-5-10)13-6-14(7-13,8-13)11(15)12(16)17/h2-5,11H,6-8,15H2,1H3,(H,16,17). The molecule has 0 aromatic heterocycles. The summed E-state index contributed by atoms with van der Waals surface area (Å²) < 4.78 is 5.14. The van der Waals surface area contributed by atoms with E-state index in [9.17, 15) is 4.79 Å². The highest BCUT2D eigenvalue weighted by atomic mass is 16.5. The number of rotatable bonds is 4. The van der Waals surface area contributed by atoms with Crippen LogP contribution in [0.5, 0.6) is 5.75 Å². The molecule has 0 saturated heterocycles. The lowest BCUT2D eigenvalue weighted by atomic mass is 9.31. The van der Waals surface area contributed by atoms with Gasteiger partial charge in [0.1, 0.15) is 11.8 Å². The van der Waals surface area contributed by atoms with E-state index in [4.69, 9.17) is 15.6 Å². The predicted octanol–water partition coefficient (Wildman–Crippen LogP) is 1.53. The molecule has 0 aliphatic heterocycles. The van der Waals surface area contributed by atoms with E-state index >= 15 is 0 Å². The van der Waals surface area contributed by atoms with Crippen LogP contribution in [0.15, 0.2) is 24.3 Å². The average Bonchev–Trinajstić information content (AvgIpc) is 2.26. The summed E-state index contributed by atoms with van der Waals surface area (Å²) in [5.41, 5.74) is 7.07. The maximum absolute atomic E-state index is 10.9. The van der Waals surface area contributed by atoms with Gasteiger partial charge in [0.25, 0.3) is 0 Å². The number of nitrogens with two attached hydrogens (primary N) is 1. The average molecular weight is 247 g/mol. The Balaban J connectivity index is 1.73. The summed E-state index contributed by atoms with van der Waals surface area (Å²) in [6, 6.07) is 7.36. The zero-order valence-electron chi connectivity index (χ0n) is 10.3. The van der Waals surface area contributed by atoms with Gasteiger partial charge in [-0.25, -0.2) is 0 Å². The molecule has 1 atom stereocenters. The van der Waals surface area contributed by atoms with E-state index < -0.39 is 12.0 Å². The van der Waals surface area contributed by atoms with E-state index in [-0.39, 0.29) is 10.8 Å². The molecule has 3 aliphatic carbocycles. The van der Waals surface area contributed by atoms with Crippen LogP contribution in [0.3, 0.4) is 0 Å². The minimum atomic E-state index is -0.877. The summed E-state index contributed by atoms with van der Waals surface area (Å²) in [6.07, 6.45) is 2.71. The van der Waals surface area contributed by atoms with Crippen LogP contribution in [-0.2, 0) is 10.2 Å². The van der Waals surface area contributed by atoms with Gasteiger partial charge in [-0.3, -0.25) is 4.79 Å². The van der Waals surface area contributed by atoms with Crippen LogP contribution in [0.2, 0.25) is 0 Å². The molecule has 1 aromatic carbocycles. The second-order valence-corrected chi connectivity index (χ2v) is 5.72. The molecule has 3 N–H and O–H groups in total. The third-order valence-corrected chi connectivity index (χ3v) is 4.70. The van der Waals surface area contributed by atoms with Crippen LogP contribution in [0.4, 0.5) is 0 Å². The number of benzene rings is 1. The summed E-state index contributed by atoms with van der Waals surface area (Å²) in [5, 5.41) is 8.99. The fourth-order valence-electron chi connectivity index (χ4n) is 3.71. The molecule has 0 heterocycles. The number of carboxylic acids is 1. The number of ether oxygens (including phenoxy) is 1. The van der Waals surface area contributed by atoms with Crippen LogP contribution in [0, 0.1) is 5.41 Å². The molecule has 3 aliphatic rings. The number of hydrogen-bond acceptors (Lipinski definition) is 3. The number of carboxylic acid groups (broad SMARTS) is 1. The minimum Gasteiger partial charge on any atom is -0.497 e. The molecule has 4 nitrogen and oxygen atoms in total. The molecule has 0 amide bonds. The van der Waals surface area contributed by atoms with Gasteiger partial charge in [-0.1, -0.05) is 12.1 Å². The number of hydrogen-bond donors (Lipinski definition) is 2. The quantitative estimate of drug-likeness (QED) is 0.846. The first-order valence-electron chi connectivity index (χ1n) is 6.14. The lowest BCUT2D eigenvalue weighted by Gasteiger charge is -2.72. The molecule has 4 heteroatoms. The Morgan fingerprint density at radius 3 is 2.33 bits per heavy atom. The molecular formula is C14H17NO3. The summed E-state index contributed by atoms with van der Waals surface area (Å²) in [6.45, 7) is 0. The molecule has 3 saturated carbocycles. The number of methoxy groups -OCH3 is 1. The van der Waals surface area contributed by atoms with Crippen molar-refractivity contribution in [3.8, 4) is 5.75 Å². The van der Waals surface area contributed by atoms with Gasteiger partial charge in [0, 0.05) is 0 Å². The Morgan fingerprint density at radius 1 is 1.33 bits per heavy atom. The predicted molar refractivity (Wildman–Crippen MR) is 66.6 cm³/mol. The molecule has 0 spiro atoms. The van der Waals surface area contributed by atoms with E-state index in [1.165, 1.54) is 5.56 Å². The van der Waals surface area contributed by atoms with E-state index in [1.807, 2.05) is 12.1 Å². The van der Waals surface area contributed by atoms with Crippen molar-refractivity contribution in [2.45, 2.75) is 30.7 Å². The minimum absolute atomic E-state index is 0.147. The van der Waals surface area contributed by atoms with Crippen molar-refractivity contribution < 1.29 is 14.6 Å². The fraction of sp³-hybridized carbons (Fsp3) is 0.500. The first kappa shape index (κ1) is 11.5. The van der Waals surface area contributed by atoms with Gasteiger partial charge in [-0.2, -0.15) is 0 Å². The van der Waals surface area contributed by atoms with Gasteiger partial charge in [0.15, 0.2) is 0 Å². The Kier molecular flexibility index (Phi) is 2.23. The topological polar surface area (TPSA) is 72.5 Å². The molecular weight excluding hydrogens is 230 g/mol. The van der Waals surface area contributed by atoms with Crippen LogP contribution in [0.25, 0.3) is 0 Å². The van der Waals surface area contributed by atoms with Crippen molar-refractivity contribution in [2.24, 2.45) is 11.1 Å². The van der Waals surface area contributed by atoms with Gasteiger partial charge in [-0.15, -0.1) is 0 Å². The van der Waals surface area contributed by atoms with E-state index in [2.05, 4.69) is 12.1 Å². The summed E-state index contributed by atoms with van der Waals surface area (Å²) in [4.78, 5) is 10.9. The van der Waals surface area contributed by atoms with Crippen molar-refractivity contribution >= 4 is 5.97 Å². The summed E-state index contributed by atoms with van der Waals surface area (Å²) in [5.74, 6) is -0.0275. The first-order chi connectivity index (χ1) is 8.51. The van der Waals surface area contributed by atoms with Crippen molar-refractivity contribution in [1.29, 1.82) is 0 Å². The zero-order valence-corrected chi connectivity index (χ0v) is 10.3. The number of carbonyl (C=O) groups is 1. The lowest BCUT2D eigenvalue weighted by molar-refractivity contribution is -0.178. The van der Waals surface area contributed by atoms with Gasteiger partial charge in [0.05, 0.1) is 7.11 Å². The Labute approximate surface area is 106 Å². The normalized spacial score (nSPS) is 34.1. The van der Waals surface area contributed by atoms with Gasteiger partial charge in [0.2, 0.25) is 0 Å². The van der Waals surface area contributed by atoms with Crippen LogP contribution < -0.4 is 10.5 Å². The van der Waals surface area contributed by atoms with Gasteiger partial charge >= 0.3 is 5.97 Å². The molecule has 0 radical (unpaired) electrons. The van der Waals surface area contributed by atoms with Crippen molar-refractivity contribution in [1.82, 2.24) is 0 Å². The first-order valence-corrected chi connectivity index (χ1v) is 6.14. The smallest absolute Gasteiger partial charge is 0.321 e. The third kappa shape index (κ3) is 1.32.